The molecule has 0 atom stereocenters. The fourth-order valence-corrected chi connectivity index (χ4v) is 1.74. The molecule has 0 spiro atoms. The van der Waals surface area contributed by atoms with Gasteiger partial charge in [-0.1, -0.05) is 0 Å². The maximum absolute atomic E-state index is 5.85. The van der Waals surface area contributed by atoms with E-state index in [1.807, 2.05) is 13.0 Å². The summed E-state index contributed by atoms with van der Waals surface area (Å²) in [6.07, 6.45) is 1.42. The van der Waals surface area contributed by atoms with Gasteiger partial charge in [0.1, 0.15) is 30.3 Å². The van der Waals surface area contributed by atoms with E-state index in [1.165, 1.54) is 6.33 Å². The highest BCUT2D eigenvalue weighted by atomic mass is 35.5. The van der Waals surface area contributed by atoms with Gasteiger partial charge >= 0.3 is 0 Å². The number of ether oxygens (including phenoxy) is 2. The molecule has 2 N–H and O–H groups in total. The lowest BCUT2D eigenvalue weighted by molar-refractivity contribution is 0.327. The van der Waals surface area contributed by atoms with E-state index in [0.29, 0.717) is 47.3 Å². The van der Waals surface area contributed by atoms with E-state index >= 15 is 0 Å². The molecule has 2 aromatic rings. The zero-order valence-corrected chi connectivity index (χ0v) is 10.8. The van der Waals surface area contributed by atoms with Crippen LogP contribution in [-0.4, -0.2) is 29.1 Å². The molecule has 0 amide bonds. The summed E-state index contributed by atoms with van der Waals surface area (Å²) >= 11 is 5.62. The summed E-state index contributed by atoms with van der Waals surface area (Å²) in [4.78, 5) is 8.13. The Morgan fingerprint density at radius 3 is 2.83 bits per heavy atom. The van der Waals surface area contributed by atoms with Crippen LogP contribution in [0.25, 0.3) is 10.9 Å². The van der Waals surface area contributed by atoms with E-state index in [1.54, 1.807) is 6.07 Å². The minimum Gasteiger partial charge on any atom is -0.494 e. The SMILES string of the molecule is CCOc1cc(OCCCl)c2c(N)ncnc2c1. The molecule has 0 aliphatic rings. The van der Waals surface area contributed by atoms with Crippen molar-refractivity contribution < 1.29 is 9.47 Å². The van der Waals surface area contributed by atoms with Crippen LogP contribution in [0, 0.1) is 0 Å². The largest absolute Gasteiger partial charge is 0.494 e. The lowest BCUT2D eigenvalue weighted by Gasteiger charge is -2.11. The second-order valence-electron chi connectivity index (χ2n) is 3.54. The molecule has 96 valence electrons. The van der Waals surface area contributed by atoms with Crippen LogP contribution in [0.1, 0.15) is 6.92 Å². The van der Waals surface area contributed by atoms with Crippen LogP contribution in [0.2, 0.25) is 0 Å². The normalized spacial score (nSPS) is 10.6. The van der Waals surface area contributed by atoms with Crippen molar-refractivity contribution in [2.45, 2.75) is 6.92 Å². The number of anilines is 1. The second-order valence-corrected chi connectivity index (χ2v) is 3.92. The fourth-order valence-electron chi connectivity index (χ4n) is 1.67. The van der Waals surface area contributed by atoms with Crippen LogP contribution >= 0.6 is 11.6 Å². The van der Waals surface area contributed by atoms with E-state index in [2.05, 4.69) is 9.97 Å². The van der Waals surface area contributed by atoms with Crippen LogP contribution in [0.4, 0.5) is 5.82 Å². The molecule has 0 unspecified atom stereocenters. The quantitative estimate of drug-likeness (QED) is 0.841. The van der Waals surface area contributed by atoms with Crippen molar-refractivity contribution in [2.75, 3.05) is 24.8 Å². The standard InChI is InChI=1S/C12H14ClN3O2/c1-2-17-8-5-9-11(12(14)16-7-15-9)10(6-8)18-4-3-13/h5-7H,2-4H2,1H3,(H2,14,15,16). The van der Waals surface area contributed by atoms with Gasteiger partial charge < -0.3 is 15.2 Å². The van der Waals surface area contributed by atoms with Crippen molar-refractivity contribution in [1.29, 1.82) is 0 Å². The van der Waals surface area contributed by atoms with E-state index in [9.17, 15) is 0 Å². The van der Waals surface area contributed by atoms with Gasteiger partial charge in [-0.05, 0) is 6.92 Å². The summed E-state index contributed by atoms with van der Waals surface area (Å²) in [5.74, 6) is 2.06. The highest BCUT2D eigenvalue weighted by molar-refractivity contribution is 6.18. The highest BCUT2D eigenvalue weighted by Gasteiger charge is 2.11. The van der Waals surface area contributed by atoms with Crippen molar-refractivity contribution in [3.63, 3.8) is 0 Å². The first-order valence-electron chi connectivity index (χ1n) is 5.62. The summed E-state index contributed by atoms with van der Waals surface area (Å²) < 4.78 is 11.0. The third-order valence-corrected chi connectivity index (χ3v) is 2.50. The molecule has 1 aromatic carbocycles. The number of benzene rings is 1. The Morgan fingerprint density at radius 2 is 2.11 bits per heavy atom. The number of nitrogen functional groups attached to an aromatic ring is 1. The highest BCUT2D eigenvalue weighted by Crippen LogP contribution is 2.33. The molecule has 0 saturated carbocycles. The number of aromatic nitrogens is 2. The van der Waals surface area contributed by atoms with Gasteiger partial charge in [-0.15, -0.1) is 11.6 Å². The Bertz CT molecular complexity index is 548. The number of hydrogen-bond acceptors (Lipinski definition) is 5. The second kappa shape index (κ2) is 5.73. The third-order valence-electron chi connectivity index (χ3n) is 2.35. The lowest BCUT2D eigenvalue weighted by Crippen LogP contribution is -2.02. The number of fused-ring (bicyclic) bond motifs is 1. The summed E-state index contributed by atoms with van der Waals surface area (Å²) in [6.45, 7) is 2.87. The summed E-state index contributed by atoms with van der Waals surface area (Å²) in [5.41, 5.74) is 6.54. The Balaban J connectivity index is 2.54. The fraction of sp³-hybridized carbons (Fsp3) is 0.333. The van der Waals surface area contributed by atoms with Crippen molar-refractivity contribution in [2.24, 2.45) is 0 Å². The van der Waals surface area contributed by atoms with E-state index < -0.39 is 0 Å². The van der Waals surface area contributed by atoms with Crippen LogP contribution in [0.15, 0.2) is 18.5 Å². The minimum atomic E-state index is 0.382. The Kier molecular flexibility index (Phi) is 4.04. The average molecular weight is 268 g/mol. The van der Waals surface area contributed by atoms with Crippen molar-refractivity contribution in [1.82, 2.24) is 9.97 Å². The first-order valence-corrected chi connectivity index (χ1v) is 6.15. The molecular weight excluding hydrogens is 254 g/mol. The Hall–Kier alpha value is -1.75. The monoisotopic (exact) mass is 267 g/mol. The van der Waals surface area contributed by atoms with Crippen LogP contribution in [0.3, 0.4) is 0 Å². The Morgan fingerprint density at radius 1 is 1.28 bits per heavy atom. The number of rotatable bonds is 5. The van der Waals surface area contributed by atoms with Crippen molar-refractivity contribution >= 4 is 28.3 Å². The van der Waals surface area contributed by atoms with Gasteiger partial charge in [0, 0.05) is 12.1 Å². The minimum absolute atomic E-state index is 0.382. The maximum atomic E-state index is 5.85. The molecular formula is C12H14ClN3O2. The Labute approximate surface area is 110 Å². The zero-order valence-electron chi connectivity index (χ0n) is 10.0. The van der Waals surface area contributed by atoms with E-state index in [-0.39, 0.29) is 0 Å². The van der Waals surface area contributed by atoms with Crippen LogP contribution < -0.4 is 15.2 Å². The van der Waals surface area contributed by atoms with E-state index in [0.717, 1.165) is 0 Å². The number of halogens is 1. The molecule has 0 radical (unpaired) electrons. The molecule has 0 aliphatic carbocycles. The van der Waals surface area contributed by atoms with Gasteiger partial charge in [-0.3, -0.25) is 0 Å². The topological polar surface area (TPSA) is 70.3 Å². The van der Waals surface area contributed by atoms with Crippen molar-refractivity contribution in [3.8, 4) is 11.5 Å². The van der Waals surface area contributed by atoms with Gasteiger partial charge in [-0.2, -0.15) is 0 Å². The molecule has 18 heavy (non-hydrogen) atoms. The summed E-state index contributed by atoms with van der Waals surface area (Å²) in [6, 6.07) is 3.59. The molecule has 1 heterocycles. The first-order chi connectivity index (χ1) is 8.76. The summed E-state index contributed by atoms with van der Waals surface area (Å²) in [7, 11) is 0. The molecule has 0 aliphatic heterocycles. The van der Waals surface area contributed by atoms with Crippen LogP contribution in [0.5, 0.6) is 11.5 Å². The number of nitrogens with two attached hydrogens (primary N) is 1. The molecule has 6 heteroatoms. The molecule has 1 aromatic heterocycles. The zero-order chi connectivity index (χ0) is 13.0. The predicted molar refractivity (Wildman–Crippen MR) is 71.3 cm³/mol. The number of nitrogens with zero attached hydrogens (tertiary/aromatic N) is 2. The average Bonchev–Trinajstić information content (AvgIpc) is 2.36. The molecule has 0 fully saturated rings. The lowest BCUT2D eigenvalue weighted by atomic mass is 10.2. The molecule has 5 nitrogen and oxygen atoms in total. The molecule has 0 saturated heterocycles. The predicted octanol–water partition coefficient (Wildman–Crippen LogP) is 2.23. The number of hydrogen-bond donors (Lipinski definition) is 1. The molecule has 0 bridgehead atoms. The van der Waals surface area contributed by atoms with Gasteiger partial charge in [0.15, 0.2) is 0 Å². The van der Waals surface area contributed by atoms with Gasteiger partial charge in [0.25, 0.3) is 0 Å². The summed E-state index contributed by atoms with van der Waals surface area (Å²) in [5, 5.41) is 0.686. The van der Waals surface area contributed by atoms with Gasteiger partial charge in [0.2, 0.25) is 0 Å². The third kappa shape index (κ3) is 2.56. The smallest absolute Gasteiger partial charge is 0.138 e. The first kappa shape index (κ1) is 12.7. The van der Waals surface area contributed by atoms with Gasteiger partial charge in [-0.25, -0.2) is 9.97 Å². The van der Waals surface area contributed by atoms with Gasteiger partial charge in [0.05, 0.1) is 23.4 Å². The maximum Gasteiger partial charge on any atom is 0.138 e. The van der Waals surface area contributed by atoms with Crippen molar-refractivity contribution in [3.05, 3.63) is 18.5 Å². The van der Waals surface area contributed by atoms with Crippen LogP contribution in [-0.2, 0) is 0 Å². The number of alkyl halides is 1. The van der Waals surface area contributed by atoms with E-state index in [4.69, 9.17) is 26.8 Å². The molecule has 2 rings (SSSR count).